The predicted octanol–water partition coefficient (Wildman–Crippen LogP) is 3.06. The molecule has 3 rings (SSSR count). The molecule has 0 aliphatic rings. The van der Waals surface area contributed by atoms with Crippen molar-refractivity contribution in [1.29, 1.82) is 0 Å². The molecule has 0 spiro atoms. The summed E-state index contributed by atoms with van der Waals surface area (Å²) in [7, 11) is 0. The van der Waals surface area contributed by atoms with E-state index in [1.54, 1.807) is 38.2 Å². The second-order valence-corrected chi connectivity index (χ2v) is 5.77. The first kappa shape index (κ1) is 18.4. The molecule has 3 aromatic heterocycles. The van der Waals surface area contributed by atoms with Crippen LogP contribution in [0.3, 0.4) is 0 Å². The lowest BCUT2D eigenvalue weighted by Gasteiger charge is -2.08. The Morgan fingerprint density at radius 1 is 1.15 bits per heavy atom. The Labute approximate surface area is 153 Å². The van der Waals surface area contributed by atoms with Gasteiger partial charge in [0.1, 0.15) is 17.4 Å². The number of rotatable bonds is 6. The summed E-state index contributed by atoms with van der Waals surface area (Å²) in [5, 5.41) is 3.08. The van der Waals surface area contributed by atoms with Gasteiger partial charge in [-0.25, -0.2) is 9.97 Å². The van der Waals surface area contributed by atoms with Crippen LogP contribution in [0.1, 0.15) is 17.0 Å². The number of nitrogens with one attached hydrogen (secondary N) is 2. The van der Waals surface area contributed by atoms with Crippen molar-refractivity contribution < 1.29 is 13.5 Å². The molecule has 27 heavy (non-hydrogen) atoms. The van der Waals surface area contributed by atoms with Crippen molar-refractivity contribution in [3.8, 4) is 17.1 Å². The summed E-state index contributed by atoms with van der Waals surface area (Å²) in [6.07, 6.45) is 2.84. The number of halogens is 2. The molecule has 0 saturated carbocycles. The Bertz CT molecular complexity index is 973. The van der Waals surface area contributed by atoms with Gasteiger partial charge in [-0.1, -0.05) is 0 Å². The van der Waals surface area contributed by atoms with Gasteiger partial charge in [-0.05, 0) is 38.1 Å². The van der Waals surface area contributed by atoms with Crippen LogP contribution in [0.2, 0.25) is 0 Å². The van der Waals surface area contributed by atoms with Gasteiger partial charge >= 0.3 is 6.61 Å². The highest BCUT2D eigenvalue weighted by molar-refractivity contribution is 5.56. The highest BCUT2D eigenvalue weighted by Crippen LogP contribution is 2.16. The average Bonchev–Trinajstić information content (AvgIpc) is 2.65. The van der Waals surface area contributed by atoms with Crippen molar-refractivity contribution >= 4 is 5.82 Å². The minimum Gasteiger partial charge on any atom is -0.433 e. The zero-order chi connectivity index (χ0) is 19.4. The van der Waals surface area contributed by atoms with Crippen LogP contribution in [0.5, 0.6) is 5.75 Å². The normalized spacial score (nSPS) is 10.9. The Morgan fingerprint density at radius 3 is 2.56 bits per heavy atom. The molecule has 0 aromatic carbocycles. The maximum Gasteiger partial charge on any atom is 0.387 e. The van der Waals surface area contributed by atoms with E-state index in [4.69, 9.17) is 0 Å². The van der Waals surface area contributed by atoms with E-state index in [1.165, 1.54) is 12.3 Å². The number of aromatic amines is 1. The highest BCUT2D eigenvalue weighted by Gasteiger charge is 2.07. The number of aryl methyl sites for hydroxylation is 1. The minimum absolute atomic E-state index is 0.00566. The van der Waals surface area contributed by atoms with Crippen LogP contribution in [0.25, 0.3) is 11.4 Å². The molecule has 0 saturated heterocycles. The molecule has 0 fully saturated rings. The molecule has 0 aliphatic carbocycles. The molecule has 0 amide bonds. The number of nitrogens with zero attached hydrogens (tertiary/aromatic N) is 3. The predicted molar refractivity (Wildman–Crippen MR) is 95.8 cm³/mol. The van der Waals surface area contributed by atoms with Gasteiger partial charge in [-0.3, -0.25) is 9.78 Å². The number of H-pyrrole nitrogens is 1. The molecule has 0 unspecified atom stereocenters. The second-order valence-electron chi connectivity index (χ2n) is 5.77. The highest BCUT2D eigenvalue weighted by atomic mass is 19.3. The summed E-state index contributed by atoms with van der Waals surface area (Å²) in [6, 6.07) is 6.55. The maximum atomic E-state index is 12.1. The Morgan fingerprint density at radius 2 is 1.96 bits per heavy atom. The first-order valence-electron chi connectivity index (χ1n) is 8.10. The number of hydrogen-bond acceptors (Lipinski definition) is 6. The number of ether oxygens (including phenoxy) is 1. The molecule has 140 valence electrons. The third kappa shape index (κ3) is 4.63. The fourth-order valence-corrected chi connectivity index (χ4v) is 2.29. The summed E-state index contributed by atoms with van der Waals surface area (Å²) in [6.45, 7) is 0.985. The summed E-state index contributed by atoms with van der Waals surface area (Å²) < 4.78 is 28.5. The molecule has 7 nitrogen and oxygen atoms in total. The Hall–Kier alpha value is -3.36. The fourth-order valence-electron chi connectivity index (χ4n) is 2.29. The van der Waals surface area contributed by atoms with E-state index in [9.17, 15) is 13.6 Å². The van der Waals surface area contributed by atoms with Crippen LogP contribution in [-0.2, 0) is 6.54 Å². The monoisotopic (exact) mass is 373 g/mol. The van der Waals surface area contributed by atoms with Gasteiger partial charge in [-0.2, -0.15) is 8.78 Å². The standard InChI is InChI=1S/C18H17F2N5O2/c1-10-11(2)24-16(25-17(10)26)12-3-6-15(22-7-12)23-8-13-4-5-14(9-21-13)27-18(19)20/h3-7,9,18H,8H2,1-2H3,(H,22,23)(H,24,25,26). The van der Waals surface area contributed by atoms with Crippen LogP contribution in [0.4, 0.5) is 14.6 Å². The summed E-state index contributed by atoms with van der Waals surface area (Å²) >= 11 is 0. The number of anilines is 1. The van der Waals surface area contributed by atoms with Crippen LogP contribution >= 0.6 is 0 Å². The largest absolute Gasteiger partial charge is 0.433 e. The maximum absolute atomic E-state index is 12.1. The van der Waals surface area contributed by atoms with E-state index >= 15 is 0 Å². The number of aromatic nitrogens is 4. The van der Waals surface area contributed by atoms with Gasteiger partial charge < -0.3 is 15.0 Å². The third-order valence-corrected chi connectivity index (χ3v) is 3.91. The summed E-state index contributed by atoms with van der Waals surface area (Å²) in [5.41, 5.74) is 2.41. The quantitative estimate of drug-likeness (QED) is 0.690. The van der Waals surface area contributed by atoms with Crippen LogP contribution in [0, 0.1) is 13.8 Å². The van der Waals surface area contributed by atoms with E-state index in [-0.39, 0.29) is 11.3 Å². The van der Waals surface area contributed by atoms with Gasteiger partial charge in [-0.15, -0.1) is 0 Å². The van der Waals surface area contributed by atoms with Gasteiger partial charge in [0, 0.05) is 23.0 Å². The first-order chi connectivity index (χ1) is 12.9. The van der Waals surface area contributed by atoms with Crippen LogP contribution in [0.15, 0.2) is 41.5 Å². The van der Waals surface area contributed by atoms with Crippen molar-refractivity contribution in [1.82, 2.24) is 19.9 Å². The molecular formula is C18H17F2N5O2. The van der Waals surface area contributed by atoms with E-state index in [0.29, 0.717) is 40.7 Å². The summed E-state index contributed by atoms with van der Waals surface area (Å²) in [4.78, 5) is 27.3. The molecule has 0 radical (unpaired) electrons. The van der Waals surface area contributed by atoms with Gasteiger partial charge in [0.25, 0.3) is 5.56 Å². The summed E-state index contributed by atoms with van der Waals surface area (Å²) in [5.74, 6) is 1.06. The van der Waals surface area contributed by atoms with E-state index in [1.807, 2.05) is 0 Å². The molecular weight excluding hydrogens is 356 g/mol. The molecule has 3 aromatic rings. The molecule has 0 aliphatic heterocycles. The van der Waals surface area contributed by atoms with E-state index in [2.05, 4.69) is 30.0 Å². The Balaban J connectivity index is 1.65. The molecule has 0 bridgehead atoms. The smallest absolute Gasteiger partial charge is 0.387 e. The second kappa shape index (κ2) is 7.90. The lowest BCUT2D eigenvalue weighted by molar-refractivity contribution is -0.0500. The van der Waals surface area contributed by atoms with Gasteiger partial charge in [0.15, 0.2) is 0 Å². The van der Waals surface area contributed by atoms with E-state index < -0.39 is 6.61 Å². The molecule has 3 heterocycles. The fraction of sp³-hybridized carbons (Fsp3) is 0.222. The average molecular weight is 373 g/mol. The van der Waals surface area contributed by atoms with Gasteiger partial charge in [0.2, 0.25) is 0 Å². The number of pyridine rings is 2. The lowest BCUT2D eigenvalue weighted by Crippen LogP contribution is -2.14. The molecule has 0 atom stereocenters. The van der Waals surface area contributed by atoms with Crippen molar-refractivity contribution in [2.24, 2.45) is 0 Å². The van der Waals surface area contributed by atoms with Crippen molar-refractivity contribution in [3.05, 3.63) is 64.0 Å². The van der Waals surface area contributed by atoms with E-state index in [0.717, 1.165) is 0 Å². The van der Waals surface area contributed by atoms with Crippen molar-refractivity contribution in [3.63, 3.8) is 0 Å². The minimum atomic E-state index is -2.87. The SMILES string of the molecule is Cc1nc(-c2ccc(NCc3ccc(OC(F)F)cn3)nc2)[nH]c(=O)c1C. The van der Waals surface area contributed by atoms with Crippen LogP contribution < -0.4 is 15.6 Å². The Kier molecular flexibility index (Phi) is 5.39. The number of alkyl halides is 2. The molecule has 9 heteroatoms. The van der Waals surface area contributed by atoms with Crippen LogP contribution in [-0.4, -0.2) is 26.5 Å². The van der Waals surface area contributed by atoms with Crippen molar-refractivity contribution in [2.45, 2.75) is 27.0 Å². The third-order valence-electron chi connectivity index (χ3n) is 3.91. The zero-order valence-corrected chi connectivity index (χ0v) is 14.7. The van der Waals surface area contributed by atoms with Gasteiger partial charge in [0.05, 0.1) is 18.4 Å². The molecule has 2 N–H and O–H groups in total. The lowest BCUT2D eigenvalue weighted by atomic mass is 10.2. The zero-order valence-electron chi connectivity index (χ0n) is 14.7. The topological polar surface area (TPSA) is 92.8 Å². The van der Waals surface area contributed by atoms with Crippen molar-refractivity contribution in [2.75, 3.05) is 5.32 Å². The first-order valence-corrected chi connectivity index (χ1v) is 8.10. The number of hydrogen-bond donors (Lipinski definition) is 2.